The minimum atomic E-state index is 0.645. The van der Waals surface area contributed by atoms with Gasteiger partial charge in [-0.15, -0.1) is 0 Å². The van der Waals surface area contributed by atoms with Gasteiger partial charge >= 0.3 is 0 Å². The average molecular weight is 150 g/mol. The van der Waals surface area contributed by atoms with Crippen molar-refractivity contribution in [2.45, 2.75) is 27.7 Å². The molecule has 11 heavy (non-hydrogen) atoms. The smallest absolute Gasteiger partial charge is 0.0287 e. The van der Waals surface area contributed by atoms with Gasteiger partial charge in [-0.05, 0) is 19.8 Å². The normalized spacial score (nSPS) is 11.7. The van der Waals surface area contributed by atoms with E-state index in [0.29, 0.717) is 5.92 Å². The fourth-order valence-electron chi connectivity index (χ4n) is 0.599. The van der Waals surface area contributed by atoms with E-state index < -0.39 is 0 Å². The van der Waals surface area contributed by atoms with Gasteiger partial charge in [0, 0.05) is 0 Å². The lowest BCUT2D eigenvalue weighted by Gasteiger charge is -1.88. The molecule has 0 bridgehead atoms. The van der Waals surface area contributed by atoms with Gasteiger partial charge < -0.3 is 0 Å². The summed E-state index contributed by atoms with van der Waals surface area (Å²) in [5.74, 6) is 0.645. The van der Waals surface area contributed by atoms with E-state index in [0.717, 1.165) is 0 Å². The zero-order valence-electron chi connectivity index (χ0n) is 7.96. The summed E-state index contributed by atoms with van der Waals surface area (Å²) in [5, 5.41) is 0. The zero-order chi connectivity index (χ0) is 8.69. The van der Waals surface area contributed by atoms with Gasteiger partial charge in [-0.3, -0.25) is 0 Å². The van der Waals surface area contributed by atoms with Crippen molar-refractivity contribution in [3.05, 3.63) is 36.0 Å². The van der Waals surface area contributed by atoms with E-state index >= 15 is 0 Å². The molecule has 0 nitrogen and oxygen atoms in total. The van der Waals surface area contributed by atoms with Crippen LogP contribution in [0.5, 0.6) is 0 Å². The zero-order valence-corrected chi connectivity index (χ0v) is 7.96. The summed E-state index contributed by atoms with van der Waals surface area (Å²) in [6.45, 7) is 8.53. The monoisotopic (exact) mass is 150 g/mol. The van der Waals surface area contributed by atoms with Crippen LogP contribution in [0.25, 0.3) is 0 Å². The average Bonchev–Trinajstić information content (AvgIpc) is 1.85. The highest BCUT2D eigenvalue weighted by Gasteiger charge is 1.78. The van der Waals surface area contributed by atoms with Crippen molar-refractivity contribution >= 4 is 0 Å². The van der Waals surface area contributed by atoms with E-state index in [4.69, 9.17) is 0 Å². The topological polar surface area (TPSA) is 0 Å². The summed E-state index contributed by atoms with van der Waals surface area (Å²) in [6.07, 6.45) is 10.5. The molecule has 0 aliphatic carbocycles. The second-order valence-electron chi connectivity index (χ2n) is 3.26. The second-order valence-corrected chi connectivity index (χ2v) is 3.26. The first-order valence-electron chi connectivity index (χ1n) is 4.11. The van der Waals surface area contributed by atoms with Crippen molar-refractivity contribution in [1.29, 1.82) is 0 Å². The van der Waals surface area contributed by atoms with Crippen molar-refractivity contribution in [1.82, 2.24) is 0 Å². The van der Waals surface area contributed by atoms with Crippen molar-refractivity contribution in [2.75, 3.05) is 0 Å². The number of hydrogen-bond acceptors (Lipinski definition) is 0. The SMILES string of the molecule is CC(C)=CC=CC=CC(C)C. The maximum atomic E-state index is 2.18. The fourth-order valence-corrected chi connectivity index (χ4v) is 0.599. The van der Waals surface area contributed by atoms with Crippen molar-refractivity contribution in [3.63, 3.8) is 0 Å². The van der Waals surface area contributed by atoms with Crippen molar-refractivity contribution < 1.29 is 0 Å². The Morgan fingerprint density at radius 1 is 1.00 bits per heavy atom. The summed E-state index contributed by atoms with van der Waals surface area (Å²) < 4.78 is 0. The highest BCUT2D eigenvalue weighted by molar-refractivity contribution is 5.14. The Bertz CT molecular complexity index is 164. The molecule has 62 valence electrons. The van der Waals surface area contributed by atoms with Crippen LogP contribution in [0.3, 0.4) is 0 Å². The van der Waals surface area contributed by atoms with Crippen LogP contribution in [0.2, 0.25) is 0 Å². The van der Waals surface area contributed by atoms with E-state index in [9.17, 15) is 0 Å². The van der Waals surface area contributed by atoms with E-state index in [1.54, 1.807) is 0 Å². The Labute approximate surface area is 70.3 Å². The third-order valence-corrected chi connectivity index (χ3v) is 1.15. The molecule has 0 radical (unpaired) electrons. The van der Waals surface area contributed by atoms with Crippen LogP contribution < -0.4 is 0 Å². The van der Waals surface area contributed by atoms with Gasteiger partial charge in [-0.1, -0.05) is 49.8 Å². The van der Waals surface area contributed by atoms with Crippen LogP contribution in [0.1, 0.15) is 27.7 Å². The molecule has 0 fully saturated rings. The molecule has 0 aromatic rings. The first-order chi connectivity index (χ1) is 5.13. The van der Waals surface area contributed by atoms with Crippen LogP contribution in [0.4, 0.5) is 0 Å². The van der Waals surface area contributed by atoms with Gasteiger partial charge in [0.15, 0.2) is 0 Å². The van der Waals surface area contributed by atoms with Gasteiger partial charge in [0.25, 0.3) is 0 Å². The molecular formula is C11H18. The Hall–Kier alpha value is -0.780. The molecule has 0 unspecified atom stereocenters. The highest BCUT2D eigenvalue weighted by Crippen LogP contribution is 1.94. The lowest BCUT2D eigenvalue weighted by molar-refractivity contribution is 0.832. The van der Waals surface area contributed by atoms with Gasteiger partial charge in [-0.2, -0.15) is 0 Å². The van der Waals surface area contributed by atoms with Crippen LogP contribution >= 0.6 is 0 Å². The number of rotatable bonds is 3. The molecular weight excluding hydrogens is 132 g/mol. The minimum Gasteiger partial charge on any atom is -0.0820 e. The second kappa shape index (κ2) is 5.96. The largest absolute Gasteiger partial charge is 0.0820 e. The molecule has 0 saturated carbocycles. The highest BCUT2D eigenvalue weighted by atomic mass is 13.8. The van der Waals surface area contributed by atoms with Gasteiger partial charge in [0.1, 0.15) is 0 Å². The van der Waals surface area contributed by atoms with Crippen LogP contribution in [-0.4, -0.2) is 0 Å². The molecule has 0 aliphatic rings. The first-order valence-corrected chi connectivity index (χ1v) is 4.11. The molecule has 0 aromatic heterocycles. The predicted molar refractivity (Wildman–Crippen MR) is 52.5 cm³/mol. The van der Waals surface area contributed by atoms with Gasteiger partial charge in [0.2, 0.25) is 0 Å². The Morgan fingerprint density at radius 2 is 1.64 bits per heavy atom. The van der Waals surface area contributed by atoms with Gasteiger partial charge in [0.05, 0.1) is 0 Å². The minimum absolute atomic E-state index is 0.645. The number of hydrogen-bond donors (Lipinski definition) is 0. The van der Waals surface area contributed by atoms with Crippen molar-refractivity contribution in [3.8, 4) is 0 Å². The predicted octanol–water partition coefficient (Wildman–Crippen LogP) is 3.72. The fraction of sp³-hybridized carbons (Fsp3) is 0.455. The van der Waals surface area contributed by atoms with Crippen LogP contribution in [0.15, 0.2) is 36.0 Å². The maximum absolute atomic E-state index is 2.18. The molecule has 0 spiro atoms. The van der Waals surface area contributed by atoms with E-state index in [2.05, 4.69) is 58.1 Å². The molecule has 0 atom stereocenters. The Morgan fingerprint density at radius 3 is 2.09 bits per heavy atom. The summed E-state index contributed by atoms with van der Waals surface area (Å²) in [4.78, 5) is 0. The maximum Gasteiger partial charge on any atom is -0.0287 e. The Balaban J connectivity index is 3.69. The molecule has 0 rings (SSSR count). The summed E-state index contributed by atoms with van der Waals surface area (Å²) >= 11 is 0. The third kappa shape index (κ3) is 9.22. The summed E-state index contributed by atoms with van der Waals surface area (Å²) in [6, 6.07) is 0. The quantitative estimate of drug-likeness (QED) is 0.538. The summed E-state index contributed by atoms with van der Waals surface area (Å²) in [5.41, 5.74) is 1.33. The molecule has 0 aliphatic heterocycles. The molecule has 0 N–H and O–H groups in total. The van der Waals surface area contributed by atoms with E-state index in [-0.39, 0.29) is 0 Å². The van der Waals surface area contributed by atoms with Crippen LogP contribution in [0, 0.1) is 5.92 Å². The van der Waals surface area contributed by atoms with E-state index in [1.807, 2.05) is 0 Å². The molecule has 0 heteroatoms. The molecule has 0 saturated heterocycles. The molecule has 0 heterocycles. The number of allylic oxidation sites excluding steroid dienone is 6. The van der Waals surface area contributed by atoms with Crippen LogP contribution in [-0.2, 0) is 0 Å². The van der Waals surface area contributed by atoms with Gasteiger partial charge in [-0.25, -0.2) is 0 Å². The molecule has 0 aromatic carbocycles. The summed E-state index contributed by atoms with van der Waals surface area (Å²) in [7, 11) is 0. The van der Waals surface area contributed by atoms with Crippen molar-refractivity contribution in [2.24, 2.45) is 5.92 Å². The lowest BCUT2D eigenvalue weighted by Crippen LogP contribution is -1.74. The van der Waals surface area contributed by atoms with E-state index in [1.165, 1.54) is 5.57 Å². The Kier molecular flexibility index (Phi) is 5.54. The standard InChI is InChI=1S/C11H18/c1-10(2)8-6-5-7-9-11(3)4/h5-10H,1-4H3. The first kappa shape index (κ1) is 10.2. The third-order valence-electron chi connectivity index (χ3n) is 1.15. The lowest BCUT2D eigenvalue weighted by atomic mass is 10.2. The molecule has 0 amide bonds.